The first kappa shape index (κ1) is 12.1. The van der Waals surface area contributed by atoms with Crippen LogP contribution in [0.5, 0.6) is 0 Å². The zero-order chi connectivity index (χ0) is 13.0. The summed E-state index contributed by atoms with van der Waals surface area (Å²) in [6, 6.07) is 7.13. The number of H-pyrrole nitrogens is 1. The van der Waals surface area contributed by atoms with Crippen molar-refractivity contribution in [3.05, 3.63) is 52.5 Å². The van der Waals surface area contributed by atoms with Crippen molar-refractivity contribution in [2.24, 2.45) is 0 Å². The Morgan fingerprint density at radius 2 is 2.17 bits per heavy atom. The van der Waals surface area contributed by atoms with Crippen LogP contribution in [-0.4, -0.2) is 17.6 Å². The van der Waals surface area contributed by atoms with Crippen LogP contribution in [0.15, 0.2) is 41.3 Å². The van der Waals surface area contributed by atoms with Gasteiger partial charge in [0.25, 0.3) is 0 Å². The molecule has 0 aliphatic rings. The first-order valence-corrected chi connectivity index (χ1v) is 5.66. The number of ether oxygens (including phenoxy) is 1. The van der Waals surface area contributed by atoms with Gasteiger partial charge in [-0.15, -0.1) is 0 Å². The minimum atomic E-state index is -0.372. The van der Waals surface area contributed by atoms with E-state index in [1.54, 1.807) is 19.2 Å². The Morgan fingerprint density at radius 1 is 1.33 bits per heavy atom. The Morgan fingerprint density at radius 3 is 2.94 bits per heavy atom. The molecule has 0 atom stereocenters. The Balaban J connectivity index is 2.29. The molecule has 0 saturated carbocycles. The highest BCUT2D eigenvalue weighted by atomic mass is 16.5. The van der Waals surface area contributed by atoms with E-state index < -0.39 is 0 Å². The number of pyridine rings is 1. The van der Waals surface area contributed by atoms with E-state index in [4.69, 9.17) is 4.74 Å². The van der Waals surface area contributed by atoms with Crippen LogP contribution in [0.3, 0.4) is 0 Å². The van der Waals surface area contributed by atoms with Crippen LogP contribution in [0, 0.1) is 0 Å². The summed E-state index contributed by atoms with van der Waals surface area (Å²) in [6.45, 7) is 2.12. The molecule has 4 nitrogen and oxygen atoms in total. The third kappa shape index (κ3) is 2.85. The molecule has 0 aliphatic carbocycles. The number of benzene rings is 1. The normalized spacial score (nSPS) is 10.9. The van der Waals surface area contributed by atoms with Gasteiger partial charge in [-0.2, -0.15) is 0 Å². The van der Waals surface area contributed by atoms with Crippen molar-refractivity contribution in [3.63, 3.8) is 0 Å². The summed E-state index contributed by atoms with van der Waals surface area (Å²) in [7, 11) is 0. The Hall–Kier alpha value is -2.36. The number of carbonyl (C=O) groups is 1. The molecule has 0 spiro atoms. The number of aromatic nitrogens is 1. The number of hydrogen-bond donors (Lipinski definition) is 1. The van der Waals surface area contributed by atoms with Gasteiger partial charge < -0.3 is 9.72 Å². The molecule has 1 N–H and O–H groups in total. The maximum Gasteiger partial charge on any atom is 0.330 e. The molecule has 1 aromatic heterocycles. The molecule has 0 fully saturated rings. The molecule has 1 aromatic carbocycles. The number of carbonyl (C=O) groups excluding carboxylic acids is 1. The maximum absolute atomic E-state index is 11.2. The molecule has 0 aliphatic heterocycles. The van der Waals surface area contributed by atoms with Crippen molar-refractivity contribution in [1.29, 1.82) is 0 Å². The quantitative estimate of drug-likeness (QED) is 0.663. The van der Waals surface area contributed by atoms with Crippen LogP contribution in [0.25, 0.3) is 16.8 Å². The number of aromatic amines is 1. The van der Waals surface area contributed by atoms with Gasteiger partial charge in [0.05, 0.1) is 6.61 Å². The van der Waals surface area contributed by atoms with Crippen LogP contribution in [-0.2, 0) is 9.53 Å². The van der Waals surface area contributed by atoms with Crippen molar-refractivity contribution in [2.45, 2.75) is 6.92 Å². The lowest BCUT2D eigenvalue weighted by Gasteiger charge is -1.99. The summed E-state index contributed by atoms with van der Waals surface area (Å²) >= 11 is 0. The van der Waals surface area contributed by atoms with Crippen LogP contribution >= 0.6 is 0 Å². The highest BCUT2D eigenvalue weighted by Gasteiger charge is 1.97. The molecular weight excluding hydrogens is 230 g/mol. The van der Waals surface area contributed by atoms with Gasteiger partial charge in [0.2, 0.25) is 5.56 Å². The molecule has 0 radical (unpaired) electrons. The second-order valence-electron chi connectivity index (χ2n) is 3.77. The Kier molecular flexibility index (Phi) is 3.57. The van der Waals surface area contributed by atoms with Gasteiger partial charge in [-0.05, 0) is 35.4 Å². The molecule has 0 unspecified atom stereocenters. The third-order valence-electron chi connectivity index (χ3n) is 2.47. The first-order chi connectivity index (χ1) is 8.69. The summed E-state index contributed by atoms with van der Waals surface area (Å²) in [5.41, 5.74) is 0.704. The average Bonchev–Trinajstić information content (AvgIpc) is 2.36. The molecule has 0 amide bonds. The van der Waals surface area contributed by atoms with Gasteiger partial charge in [0, 0.05) is 18.3 Å². The van der Waals surface area contributed by atoms with E-state index in [0.717, 1.165) is 16.3 Å². The van der Waals surface area contributed by atoms with Crippen molar-refractivity contribution >= 4 is 22.8 Å². The topological polar surface area (TPSA) is 59.2 Å². The molecule has 18 heavy (non-hydrogen) atoms. The molecule has 4 heteroatoms. The lowest BCUT2D eigenvalue weighted by Crippen LogP contribution is -2.01. The lowest BCUT2D eigenvalue weighted by molar-refractivity contribution is -0.137. The third-order valence-corrected chi connectivity index (χ3v) is 2.47. The van der Waals surface area contributed by atoms with E-state index in [0.29, 0.717) is 6.61 Å². The second kappa shape index (κ2) is 5.31. The fraction of sp³-hybridized carbons (Fsp3) is 0.143. The fourth-order valence-electron chi connectivity index (χ4n) is 1.64. The summed E-state index contributed by atoms with van der Waals surface area (Å²) in [5, 5.41) is 1.78. The van der Waals surface area contributed by atoms with E-state index in [9.17, 15) is 9.59 Å². The fourth-order valence-corrected chi connectivity index (χ4v) is 1.64. The van der Waals surface area contributed by atoms with Gasteiger partial charge >= 0.3 is 5.97 Å². The van der Waals surface area contributed by atoms with Crippen molar-refractivity contribution in [1.82, 2.24) is 4.98 Å². The van der Waals surface area contributed by atoms with E-state index in [1.807, 2.05) is 18.2 Å². The molecule has 0 saturated heterocycles. The standard InChI is InChI=1S/C14H13NO3/c1-2-18-14(17)6-4-10-3-5-11-9-15-13(16)8-12(11)7-10/h3-9H,2H2,1H3,(H,15,16). The van der Waals surface area contributed by atoms with E-state index >= 15 is 0 Å². The highest BCUT2D eigenvalue weighted by molar-refractivity contribution is 5.89. The monoisotopic (exact) mass is 243 g/mol. The number of fused-ring (bicyclic) bond motifs is 1. The van der Waals surface area contributed by atoms with Crippen molar-refractivity contribution in [3.8, 4) is 0 Å². The van der Waals surface area contributed by atoms with Crippen molar-refractivity contribution in [2.75, 3.05) is 6.61 Å². The smallest absolute Gasteiger partial charge is 0.330 e. The van der Waals surface area contributed by atoms with Gasteiger partial charge in [0.1, 0.15) is 0 Å². The van der Waals surface area contributed by atoms with Crippen LogP contribution in [0.1, 0.15) is 12.5 Å². The predicted octanol–water partition coefficient (Wildman–Crippen LogP) is 2.10. The first-order valence-electron chi connectivity index (χ1n) is 5.66. The zero-order valence-corrected chi connectivity index (χ0v) is 9.97. The summed E-state index contributed by atoms with van der Waals surface area (Å²) in [4.78, 5) is 25.0. The minimum absolute atomic E-state index is 0.144. The molecular formula is C14H13NO3. The molecule has 2 rings (SSSR count). The van der Waals surface area contributed by atoms with E-state index in [-0.39, 0.29) is 11.5 Å². The van der Waals surface area contributed by atoms with Crippen LogP contribution in [0.4, 0.5) is 0 Å². The SMILES string of the molecule is CCOC(=O)C=Cc1ccc2c[nH]c(=O)cc2c1. The predicted molar refractivity (Wildman–Crippen MR) is 70.2 cm³/mol. The van der Waals surface area contributed by atoms with Gasteiger partial charge in [-0.1, -0.05) is 12.1 Å². The van der Waals surface area contributed by atoms with Gasteiger partial charge in [0.15, 0.2) is 0 Å². The summed E-state index contributed by atoms with van der Waals surface area (Å²) < 4.78 is 4.79. The van der Waals surface area contributed by atoms with Crippen molar-refractivity contribution < 1.29 is 9.53 Å². The maximum atomic E-state index is 11.2. The number of rotatable bonds is 3. The molecule has 0 bridgehead atoms. The summed E-state index contributed by atoms with van der Waals surface area (Å²) in [6.07, 6.45) is 4.70. The number of nitrogens with one attached hydrogen (secondary N) is 1. The van der Waals surface area contributed by atoms with Gasteiger partial charge in [-0.25, -0.2) is 4.79 Å². The number of hydrogen-bond acceptors (Lipinski definition) is 3. The Labute approximate surface area is 104 Å². The molecule has 1 heterocycles. The lowest BCUT2D eigenvalue weighted by atomic mass is 10.1. The molecule has 92 valence electrons. The van der Waals surface area contributed by atoms with E-state index in [1.165, 1.54) is 12.1 Å². The highest BCUT2D eigenvalue weighted by Crippen LogP contribution is 2.14. The second-order valence-corrected chi connectivity index (χ2v) is 3.77. The minimum Gasteiger partial charge on any atom is -0.463 e. The van der Waals surface area contributed by atoms with Crippen LogP contribution in [0.2, 0.25) is 0 Å². The largest absolute Gasteiger partial charge is 0.463 e. The molecule has 2 aromatic rings. The Bertz CT molecular complexity index is 655. The number of esters is 1. The summed E-state index contributed by atoms with van der Waals surface area (Å²) in [5.74, 6) is -0.372. The van der Waals surface area contributed by atoms with Crippen LogP contribution < -0.4 is 5.56 Å². The average molecular weight is 243 g/mol. The van der Waals surface area contributed by atoms with E-state index in [2.05, 4.69) is 4.98 Å². The zero-order valence-electron chi connectivity index (χ0n) is 9.97. The van der Waals surface area contributed by atoms with Gasteiger partial charge in [-0.3, -0.25) is 4.79 Å².